The predicted octanol–water partition coefficient (Wildman–Crippen LogP) is 3.49. The fourth-order valence-electron chi connectivity index (χ4n) is 3.40. The number of nitrogens with zero attached hydrogens (tertiary/aromatic N) is 3. The third kappa shape index (κ3) is 3.05. The molecule has 0 fully saturated rings. The molecule has 0 saturated heterocycles. The third-order valence-electron chi connectivity index (χ3n) is 5.10. The lowest BCUT2D eigenvalue weighted by Crippen LogP contribution is -2.30. The van der Waals surface area contributed by atoms with Gasteiger partial charge in [-0.05, 0) is 50.1 Å². The quantitative estimate of drug-likeness (QED) is 0.706. The van der Waals surface area contributed by atoms with Crippen LogP contribution in [0.3, 0.4) is 0 Å². The number of hydrogen-bond acceptors (Lipinski definition) is 2. The minimum Gasteiger partial charge on any atom is -0.315 e. The maximum Gasteiger partial charge on any atom is 0.329 e. The van der Waals surface area contributed by atoms with Crippen LogP contribution in [0.1, 0.15) is 24.5 Å². The molecule has 2 aromatic carbocycles. The molecule has 1 amide bonds. The maximum atomic E-state index is 12.7. The number of para-hydroxylation sites is 2. The minimum atomic E-state index is -0.0594. The van der Waals surface area contributed by atoms with Gasteiger partial charge in [-0.3, -0.25) is 13.9 Å². The van der Waals surface area contributed by atoms with E-state index < -0.39 is 0 Å². The first kappa shape index (κ1) is 18.0. The standard InChI is InChI=1S/C21H25N3O2/c1-5-23-18-10-6-7-11-19(18)24(21(23)26)14-13-20(25)22(4)17-12-8-9-15(2)16(17)3/h6-12H,5,13-14H2,1-4H3. The third-order valence-corrected chi connectivity index (χ3v) is 5.10. The Labute approximate surface area is 153 Å². The van der Waals surface area contributed by atoms with Crippen molar-refractivity contribution in [1.82, 2.24) is 9.13 Å². The largest absolute Gasteiger partial charge is 0.329 e. The molecule has 26 heavy (non-hydrogen) atoms. The summed E-state index contributed by atoms with van der Waals surface area (Å²) in [7, 11) is 1.79. The number of imidazole rings is 1. The Morgan fingerprint density at radius 1 is 1.00 bits per heavy atom. The van der Waals surface area contributed by atoms with E-state index in [1.807, 2.05) is 63.2 Å². The van der Waals surface area contributed by atoms with Crippen molar-refractivity contribution in [2.24, 2.45) is 0 Å². The van der Waals surface area contributed by atoms with Crippen LogP contribution in [-0.2, 0) is 17.9 Å². The van der Waals surface area contributed by atoms with Crippen LogP contribution in [0, 0.1) is 13.8 Å². The molecule has 0 unspecified atom stereocenters. The lowest BCUT2D eigenvalue weighted by molar-refractivity contribution is -0.118. The molecule has 0 aliphatic heterocycles. The van der Waals surface area contributed by atoms with E-state index in [4.69, 9.17) is 0 Å². The van der Waals surface area contributed by atoms with Gasteiger partial charge in [0.1, 0.15) is 0 Å². The van der Waals surface area contributed by atoms with E-state index in [1.165, 1.54) is 0 Å². The molecule has 0 radical (unpaired) electrons. The first-order valence-electron chi connectivity index (χ1n) is 8.96. The van der Waals surface area contributed by atoms with Crippen molar-refractivity contribution in [2.45, 2.75) is 40.3 Å². The Morgan fingerprint density at radius 2 is 1.65 bits per heavy atom. The number of amides is 1. The zero-order valence-corrected chi connectivity index (χ0v) is 15.8. The number of rotatable bonds is 5. The number of carbonyl (C=O) groups is 1. The van der Waals surface area contributed by atoms with Crippen LogP contribution in [0.15, 0.2) is 47.3 Å². The molecule has 1 aromatic heterocycles. The van der Waals surface area contributed by atoms with Gasteiger partial charge in [0, 0.05) is 32.2 Å². The number of aryl methyl sites for hydroxylation is 3. The molecule has 0 N–H and O–H groups in total. The average molecular weight is 351 g/mol. The highest BCUT2D eigenvalue weighted by Crippen LogP contribution is 2.22. The van der Waals surface area contributed by atoms with Crippen LogP contribution < -0.4 is 10.6 Å². The van der Waals surface area contributed by atoms with Gasteiger partial charge in [0.25, 0.3) is 0 Å². The van der Waals surface area contributed by atoms with Crippen molar-refractivity contribution in [3.63, 3.8) is 0 Å². The Balaban J connectivity index is 1.84. The summed E-state index contributed by atoms with van der Waals surface area (Å²) < 4.78 is 3.45. The van der Waals surface area contributed by atoms with Gasteiger partial charge in [-0.2, -0.15) is 0 Å². The Bertz CT molecular complexity index is 1010. The summed E-state index contributed by atoms with van der Waals surface area (Å²) in [6.45, 7) is 7.00. The molecule has 0 atom stereocenters. The average Bonchev–Trinajstić information content (AvgIpc) is 2.92. The van der Waals surface area contributed by atoms with Crippen LogP contribution >= 0.6 is 0 Å². The van der Waals surface area contributed by atoms with Gasteiger partial charge in [0.2, 0.25) is 5.91 Å². The summed E-state index contributed by atoms with van der Waals surface area (Å²) in [5, 5.41) is 0. The Morgan fingerprint density at radius 3 is 2.31 bits per heavy atom. The van der Waals surface area contributed by atoms with Crippen LogP contribution in [0.2, 0.25) is 0 Å². The molecule has 3 rings (SSSR count). The van der Waals surface area contributed by atoms with E-state index in [2.05, 4.69) is 0 Å². The van der Waals surface area contributed by atoms with Crippen molar-refractivity contribution < 1.29 is 4.79 Å². The van der Waals surface area contributed by atoms with Gasteiger partial charge in [0.15, 0.2) is 0 Å². The summed E-state index contributed by atoms with van der Waals surface area (Å²) in [5.41, 5.74) is 4.90. The van der Waals surface area contributed by atoms with E-state index >= 15 is 0 Å². The molecule has 5 nitrogen and oxygen atoms in total. The molecular formula is C21H25N3O2. The van der Waals surface area contributed by atoms with Gasteiger partial charge in [-0.15, -0.1) is 0 Å². The lowest BCUT2D eigenvalue weighted by Gasteiger charge is -2.20. The normalized spacial score (nSPS) is 11.1. The minimum absolute atomic E-state index is 0.000991. The summed E-state index contributed by atoms with van der Waals surface area (Å²) in [6.07, 6.45) is 0.279. The molecule has 1 heterocycles. The summed E-state index contributed by atoms with van der Waals surface area (Å²) >= 11 is 0. The number of hydrogen-bond donors (Lipinski definition) is 0. The molecular weight excluding hydrogens is 326 g/mol. The van der Waals surface area contributed by atoms with E-state index in [0.717, 1.165) is 27.8 Å². The highest BCUT2D eigenvalue weighted by Gasteiger charge is 2.16. The van der Waals surface area contributed by atoms with E-state index in [9.17, 15) is 9.59 Å². The van der Waals surface area contributed by atoms with Gasteiger partial charge in [0.05, 0.1) is 11.0 Å². The molecule has 0 saturated carbocycles. The molecule has 5 heteroatoms. The van der Waals surface area contributed by atoms with E-state index in [1.54, 1.807) is 21.1 Å². The summed E-state index contributed by atoms with van der Waals surface area (Å²) in [5.74, 6) is -0.000991. The number of aromatic nitrogens is 2. The van der Waals surface area contributed by atoms with Crippen LogP contribution in [-0.4, -0.2) is 22.1 Å². The number of carbonyl (C=O) groups excluding carboxylic acids is 1. The second kappa shape index (κ2) is 7.20. The molecule has 3 aromatic rings. The maximum absolute atomic E-state index is 12.7. The molecule has 0 aliphatic rings. The predicted molar refractivity (Wildman–Crippen MR) is 106 cm³/mol. The van der Waals surface area contributed by atoms with Gasteiger partial charge in [-0.25, -0.2) is 4.79 Å². The second-order valence-corrected chi connectivity index (χ2v) is 6.59. The smallest absolute Gasteiger partial charge is 0.315 e. The van der Waals surface area contributed by atoms with Crippen molar-refractivity contribution in [1.29, 1.82) is 0 Å². The van der Waals surface area contributed by atoms with Crippen molar-refractivity contribution >= 4 is 22.6 Å². The zero-order valence-electron chi connectivity index (χ0n) is 15.8. The molecule has 0 bridgehead atoms. The van der Waals surface area contributed by atoms with Gasteiger partial charge < -0.3 is 4.90 Å². The molecule has 0 spiro atoms. The van der Waals surface area contributed by atoms with Crippen LogP contribution in [0.25, 0.3) is 11.0 Å². The Hall–Kier alpha value is -2.82. The van der Waals surface area contributed by atoms with Crippen molar-refractivity contribution in [3.05, 3.63) is 64.1 Å². The fourth-order valence-corrected chi connectivity index (χ4v) is 3.40. The Kier molecular flexibility index (Phi) is 4.98. The molecule has 0 aliphatic carbocycles. The van der Waals surface area contributed by atoms with Crippen molar-refractivity contribution in [2.75, 3.05) is 11.9 Å². The molecule has 136 valence electrons. The van der Waals surface area contributed by atoms with Crippen LogP contribution in [0.4, 0.5) is 5.69 Å². The SMILES string of the molecule is CCn1c(=O)n(CCC(=O)N(C)c2cccc(C)c2C)c2ccccc21. The highest BCUT2D eigenvalue weighted by atomic mass is 16.2. The lowest BCUT2D eigenvalue weighted by atomic mass is 10.1. The van der Waals surface area contributed by atoms with Crippen LogP contribution in [0.5, 0.6) is 0 Å². The zero-order chi connectivity index (χ0) is 18.8. The number of benzene rings is 2. The second-order valence-electron chi connectivity index (χ2n) is 6.59. The van der Waals surface area contributed by atoms with Crippen molar-refractivity contribution in [3.8, 4) is 0 Å². The topological polar surface area (TPSA) is 47.2 Å². The van der Waals surface area contributed by atoms with E-state index in [0.29, 0.717) is 13.1 Å². The van der Waals surface area contributed by atoms with Gasteiger partial charge in [-0.1, -0.05) is 24.3 Å². The fraction of sp³-hybridized carbons (Fsp3) is 0.333. The summed E-state index contributed by atoms with van der Waals surface area (Å²) in [6, 6.07) is 13.7. The number of anilines is 1. The first-order valence-corrected chi connectivity index (χ1v) is 8.96. The first-order chi connectivity index (χ1) is 12.5. The van der Waals surface area contributed by atoms with E-state index in [-0.39, 0.29) is 18.0 Å². The highest BCUT2D eigenvalue weighted by molar-refractivity contribution is 5.93. The summed E-state index contributed by atoms with van der Waals surface area (Å²) in [4.78, 5) is 27.1. The number of fused-ring (bicyclic) bond motifs is 1. The van der Waals surface area contributed by atoms with Gasteiger partial charge >= 0.3 is 5.69 Å². The monoisotopic (exact) mass is 351 g/mol.